The summed E-state index contributed by atoms with van der Waals surface area (Å²) in [5.74, 6) is -1.54. The Hall–Kier alpha value is -2.15. The molecule has 2 rings (SSSR count). The van der Waals surface area contributed by atoms with Gasteiger partial charge < -0.3 is 14.5 Å². The summed E-state index contributed by atoms with van der Waals surface area (Å²) in [4.78, 5) is 23.1. The van der Waals surface area contributed by atoms with E-state index in [1.165, 1.54) is 18.4 Å². The van der Waals surface area contributed by atoms with Gasteiger partial charge >= 0.3 is 5.97 Å². The van der Waals surface area contributed by atoms with Gasteiger partial charge in [-0.2, -0.15) is 0 Å². The minimum atomic E-state index is -0.895. The predicted octanol–water partition coefficient (Wildman–Crippen LogP) is 2.65. The lowest BCUT2D eigenvalue weighted by Gasteiger charge is -2.06. The third kappa shape index (κ3) is 4.42. The van der Waals surface area contributed by atoms with Crippen LogP contribution in [0.1, 0.15) is 16.1 Å². The molecule has 1 amide bonds. The van der Waals surface area contributed by atoms with Crippen molar-refractivity contribution in [2.45, 2.75) is 6.54 Å². The first-order valence-corrected chi connectivity index (χ1v) is 6.77. The smallest absolute Gasteiger partial charge is 0.341 e. The first kappa shape index (κ1) is 15.2. The Labute approximate surface area is 128 Å². The number of hydrogen-bond donors (Lipinski definition) is 1. The lowest BCUT2D eigenvalue weighted by atomic mass is 10.2. The monoisotopic (exact) mass is 355 g/mol. The molecule has 7 heteroatoms. The fraction of sp³-hybridized carbons (Fsp3) is 0.143. The highest BCUT2D eigenvalue weighted by atomic mass is 79.9. The molecule has 0 saturated carbocycles. The molecule has 0 unspecified atom stereocenters. The molecule has 0 saturated heterocycles. The molecule has 1 aromatic heterocycles. The largest absolute Gasteiger partial charge is 0.467 e. The van der Waals surface area contributed by atoms with E-state index in [1.54, 1.807) is 12.1 Å². The molecule has 0 bridgehead atoms. The van der Waals surface area contributed by atoms with Crippen LogP contribution >= 0.6 is 15.9 Å². The van der Waals surface area contributed by atoms with Crippen molar-refractivity contribution >= 4 is 27.8 Å². The summed E-state index contributed by atoms with van der Waals surface area (Å²) in [5.41, 5.74) is -0.225. The summed E-state index contributed by atoms with van der Waals surface area (Å²) < 4.78 is 23.8. The second-order valence-corrected chi connectivity index (χ2v) is 4.97. The van der Waals surface area contributed by atoms with Crippen molar-refractivity contribution in [2.24, 2.45) is 0 Å². The molecule has 1 heterocycles. The molecule has 0 atom stereocenters. The van der Waals surface area contributed by atoms with Crippen molar-refractivity contribution < 1.29 is 23.1 Å². The van der Waals surface area contributed by atoms with Gasteiger partial charge in [0.15, 0.2) is 6.61 Å². The highest BCUT2D eigenvalue weighted by molar-refractivity contribution is 9.10. The van der Waals surface area contributed by atoms with Crippen LogP contribution in [0.5, 0.6) is 0 Å². The van der Waals surface area contributed by atoms with Crippen LogP contribution in [-0.4, -0.2) is 18.5 Å². The summed E-state index contributed by atoms with van der Waals surface area (Å²) in [6.45, 7) is -0.301. The molecule has 110 valence electrons. The van der Waals surface area contributed by atoms with Crippen LogP contribution in [-0.2, 0) is 16.1 Å². The van der Waals surface area contributed by atoms with Gasteiger partial charge in [-0.3, -0.25) is 4.79 Å². The van der Waals surface area contributed by atoms with E-state index < -0.39 is 24.3 Å². The molecule has 0 spiro atoms. The van der Waals surface area contributed by atoms with Crippen LogP contribution in [0.15, 0.2) is 45.5 Å². The zero-order valence-electron chi connectivity index (χ0n) is 10.8. The third-order valence-corrected chi connectivity index (χ3v) is 3.02. The zero-order valence-corrected chi connectivity index (χ0v) is 12.4. The number of amides is 1. The van der Waals surface area contributed by atoms with Crippen LogP contribution in [0.4, 0.5) is 4.39 Å². The number of benzene rings is 1. The van der Waals surface area contributed by atoms with Crippen LogP contribution in [0.2, 0.25) is 0 Å². The second kappa shape index (κ2) is 7.03. The molecule has 0 aliphatic carbocycles. The van der Waals surface area contributed by atoms with Crippen molar-refractivity contribution in [3.63, 3.8) is 0 Å². The number of nitrogens with one attached hydrogen (secondary N) is 1. The van der Waals surface area contributed by atoms with Gasteiger partial charge in [-0.15, -0.1) is 0 Å². The minimum absolute atomic E-state index is 0.191. The van der Waals surface area contributed by atoms with Gasteiger partial charge in [0.05, 0.1) is 18.4 Å². The Bertz CT molecular complexity index is 642. The van der Waals surface area contributed by atoms with Crippen molar-refractivity contribution in [1.82, 2.24) is 5.32 Å². The maximum Gasteiger partial charge on any atom is 0.341 e. The first-order valence-electron chi connectivity index (χ1n) is 5.97. The number of halogens is 2. The van der Waals surface area contributed by atoms with E-state index in [0.29, 0.717) is 10.2 Å². The topological polar surface area (TPSA) is 68.5 Å². The molecule has 2 aromatic rings. The molecule has 0 aliphatic heterocycles. The van der Waals surface area contributed by atoms with E-state index in [2.05, 4.69) is 21.2 Å². The Balaban J connectivity index is 1.81. The summed E-state index contributed by atoms with van der Waals surface area (Å²) in [5, 5.41) is 2.50. The van der Waals surface area contributed by atoms with E-state index in [4.69, 9.17) is 9.15 Å². The Morgan fingerprint density at radius 3 is 2.81 bits per heavy atom. The van der Waals surface area contributed by atoms with E-state index in [0.717, 1.165) is 6.07 Å². The van der Waals surface area contributed by atoms with Gasteiger partial charge in [0.2, 0.25) is 0 Å². The Kier molecular flexibility index (Phi) is 5.10. The van der Waals surface area contributed by atoms with Crippen molar-refractivity contribution in [3.05, 3.63) is 58.2 Å². The lowest BCUT2D eigenvalue weighted by molar-refractivity contribution is -0.124. The van der Waals surface area contributed by atoms with Crippen LogP contribution < -0.4 is 5.32 Å². The quantitative estimate of drug-likeness (QED) is 0.837. The second-order valence-electron chi connectivity index (χ2n) is 4.06. The molecule has 1 N–H and O–H groups in total. The number of hydrogen-bond acceptors (Lipinski definition) is 4. The Morgan fingerprint density at radius 2 is 2.14 bits per heavy atom. The maximum atomic E-state index is 13.5. The summed E-state index contributed by atoms with van der Waals surface area (Å²) in [7, 11) is 0. The van der Waals surface area contributed by atoms with Crippen molar-refractivity contribution in [2.75, 3.05) is 6.61 Å². The molecule has 5 nitrogen and oxygen atoms in total. The number of ether oxygens (including phenoxy) is 1. The lowest BCUT2D eigenvalue weighted by Crippen LogP contribution is -2.28. The van der Waals surface area contributed by atoms with Crippen LogP contribution in [0, 0.1) is 5.82 Å². The molecule has 1 aromatic carbocycles. The first-order chi connectivity index (χ1) is 10.1. The summed E-state index contributed by atoms with van der Waals surface area (Å²) >= 11 is 3.08. The van der Waals surface area contributed by atoms with Crippen molar-refractivity contribution in [3.8, 4) is 0 Å². The van der Waals surface area contributed by atoms with Crippen LogP contribution in [0.3, 0.4) is 0 Å². The molecular formula is C14H11BrFNO4. The fourth-order valence-corrected chi connectivity index (χ4v) is 1.85. The van der Waals surface area contributed by atoms with Gasteiger partial charge in [0, 0.05) is 4.47 Å². The molecule has 0 fully saturated rings. The summed E-state index contributed by atoms with van der Waals surface area (Å²) in [6, 6.07) is 7.33. The SMILES string of the molecule is O=C(COC(=O)c1ccc(Br)cc1F)NCc1ccco1. The highest BCUT2D eigenvalue weighted by Crippen LogP contribution is 2.15. The number of carbonyl (C=O) groups excluding carboxylic acids is 2. The van der Waals surface area contributed by atoms with Gasteiger partial charge in [-0.05, 0) is 30.3 Å². The molecular weight excluding hydrogens is 345 g/mol. The van der Waals surface area contributed by atoms with Gasteiger partial charge in [0.25, 0.3) is 5.91 Å². The van der Waals surface area contributed by atoms with E-state index in [-0.39, 0.29) is 12.1 Å². The Morgan fingerprint density at radius 1 is 1.33 bits per heavy atom. The third-order valence-electron chi connectivity index (χ3n) is 2.53. The zero-order chi connectivity index (χ0) is 15.2. The number of esters is 1. The molecule has 0 radical (unpaired) electrons. The molecule has 0 aliphatic rings. The summed E-state index contributed by atoms with van der Waals surface area (Å²) in [6.07, 6.45) is 1.48. The normalized spacial score (nSPS) is 10.2. The van der Waals surface area contributed by atoms with Gasteiger partial charge in [-0.1, -0.05) is 15.9 Å². The molecule has 21 heavy (non-hydrogen) atoms. The standard InChI is InChI=1S/C14H11BrFNO4/c15-9-3-4-11(12(16)6-9)14(19)21-8-13(18)17-7-10-2-1-5-20-10/h1-6H,7-8H2,(H,17,18). The minimum Gasteiger partial charge on any atom is -0.467 e. The maximum absolute atomic E-state index is 13.5. The van der Waals surface area contributed by atoms with E-state index in [9.17, 15) is 14.0 Å². The number of furan rings is 1. The van der Waals surface area contributed by atoms with E-state index in [1.807, 2.05) is 0 Å². The van der Waals surface area contributed by atoms with E-state index >= 15 is 0 Å². The average Bonchev–Trinajstić information content (AvgIpc) is 2.95. The number of carbonyl (C=O) groups is 2. The van der Waals surface area contributed by atoms with Gasteiger partial charge in [0.1, 0.15) is 11.6 Å². The van der Waals surface area contributed by atoms with Gasteiger partial charge in [-0.25, -0.2) is 9.18 Å². The van der Waals surface area contributed by atoms with Crippen LogP contribution in [0.25, 0.3) is 0 Å². The highest BCUT2D eigenvalue weighted by Gasteiger charge is 2.15. The average molecular weight is 356 g/mol. The predicted molar refractivity (Wildman–Crippen MR) is 74.9 cm³/mol. The number of rotatable bonds is 5. The fourth-order valence-electron chi connectivity index (χ4n) is 1.51. The van der Waals surface area contributed by atoms with Crippen molar-refractivity contribution in [1.29, 1.82) is 0 Å².